The van der Waals surface area contributed by atoms with Crippen LogP contribution in [0.4, 0.5) is 19.0 Å². The van der Waals surface area contributed by atoms with E-state index < -0.39 is 17.8 Å². The lowest BCUT2D eigenvalue weighted by atomic mass is 10.0. The van der Waals surface area contributed by atoms with Gasteiger partial charge in [0.1, 0.15) is 29.4 Å². The van der Waals surface area contributed by atoms with Gasteiger partial charge >= 0.3 is 0 Å². The van der Waals surface area contributed by atoms with Gasteiger partial charge in [-0.2, -0.15) is 0 Å². The minimum absolute atomic E-state index is 0.0397. The van der Waals surface area contributed by atoms with Gasteiger partial charge in [-0.15, -0.1) is 0 Å². The van der Waals surface area contributed by atoms with E-state index in [9.17, 15) is 18.0 Å². The molecule has 0 bridgehead atoms. The van der Waals surface area contributed by atoms with Crippen LogP contribution in [-0.2, 0) is 17.9 Å². The Bertz CT molecular complexity index is 1340. The summed E-state index contributed by atoms with van der Waals surface area (Å²) in [4.78, 5) is 22.7. The normalized spacial score (nSPS) is 12.5. The van der Waals surface area contributed by atoms with Crippen LogP contribution in [0.15, 0.2) is 54.6 Å². The fraction of sp³-hybridized carbons (Fsp3) is 0.269. The molecule has 1 unspecified atom stereocenters. The zero-order valence-electron chi connectivity index (χ0n) is 19.7. The van der Waals surface area contributed by atoms with Crippen molar-refractivity contribution in [1.82, 2.24) is 19.4 Å². The molecule has 0 radical (unpaired) electrons. The number of carbonyl (C=O) groups is 1. The number of anilines is 1. The lowest BCUT2D eigenvalue weighted by molar-refractivity contribution is -0.108. The number of fused-ring (bicyclic) bond motifs is 1. The van der Waals surface area contributed by atoms with Gasteiger partial charge in [0.15, 0.2) is 0 Å². The first-order valence-electron chi connectivity index (χ1n) is 11.1. The van der Waals surface area contributed by atoms with Crippen LogP contribution in [0.3, 0.4) is 0 Å². The van der Waals surface area contributed by atoms with Crippen LogP contribution in [0.2, 0.25) is 0 Å². The molecule has 0 aliphatic heterocycles. The molecule has 1 atom stereocenters. The zero-order valence-corrected chi connectivity index (χ0v) is 19.7. The molecule has 0 saturated heterocycles. The number of hydrogen-bond donors (Lipinski definition) is 1. The molecule has 35 heavy (non-hydrogen) atoms. The number of nitrogens with zero attached hydrogens (tertiary/aromatic N) is 4. The molecule has 0 aliphatic rings. The number of rotatable bonds is 9. The van der Waals surface area contributed by atoms with Gasteiger partial charge in [-0.25, -0.2) is 23.1 Å². The number of benzene rings is 2. The van der Waals surface area contributed by atoms with Gasteiger partial charge in [0.25, 0.3) is 6.43 Å². The minimum atomic E-state index is -2.90. The number of alkyl halides is 2. The van der Waals surface area contributed by atoms with E-state index in [2.05, 4.69) is 15.3 Å². The molecule has 1 N–H and O–H groups in total. The van der Waals surface area contributed by atoms with E-state index in [4.69, 9.17) is 0 Å². The van der Waals surface area contributed by atoms with Crippen molar-refractivity contribution >= 4 is 23.1 Å². The molecule has 0 fully saturated rings. The summed E-state index contributed by atoms with van der Waals surface area (Å²) in [6, 6.07) is 15.6. The van der Waals surface area contributed by atoms with Gasteiger partial charge in [0.05, 0.1) is 23.5 Å². The molecule has 2 heterocycles. The number of aldehydes is 1. The fourth-order valence-electron chi connectivity index (χ4n) is 4.33. The maximum atomic E-state index is 14.6. The third-order valence-corrected chi connectivity index (χ3v) is 5.86. The first-order chi connectivity index (χ1) is 16.8. The van der Waals surface area contributed by atoms with Crippen molar-refractivity contribution in [3.05, 3.63) is 88.6 Å². The van der Waals surface area contributed by atoms with E-state index in [1.165, 1.54) is 12.1 Å². The average molecular weight is 482 g/mol. The van der Waals surface area contributed by atoms with Crippen molar-refractivity contribution in [3.8, 4) is 0 Å². The molecule has 4 rings (SSSR count). The molecule has 2 aromatic carbocycles. The smallest absolute Gasteiger partial charge is 0.266 e. The van der Waals surface area contributed by atoms with Crippen molar-refractivity contribution < 1.29 is 18.0 Å². The van der Waals surface area contributed by atoms with Gasteiger partial charge in [-0.3, -0.25) is 4.90 Å². The second-order valence-electron chi connectivity index (χ2n) is 8.45. The second kappa shape index (κ2) is 10.3. The van der Waals surface area contributed by atoms with Crippen LogP contribution in [0.25, 0.3) is 11.0 Å². The third kappa shape index (κ3) is 4.90. The Labute approximate surface area is 201 Å². The minimum Gasteiger partial charge on any atom is -0.365 e. The Morgan fingerprint density at radius 1 is 1.09 bits per heavy atom. The molecule has 0 aliphatic carbocycles. The Morgan fingerprint density at radius 3 is 2.49 bits per heavy atom. The van der Waals surface area contributed by atoms with Gasteiger partial charge in [0.2, 0.25) is 0 Å². The lowest BCUT2D eigenvalue weighted by Crippen LogP contribution is -2.24. The summed E-state index contributed by atoms with van der Waals surface area (Å²) in [6.45, 7) is 1.78. The Morgan fingerprint density at radius 2 is 1.83 bits per heavy atom. The summed E-state index contributed by atoms with van der Waals surface area (Å²) in [6.07, 6.45) is -2.08. The highest BCUT2D eigenvalue weighted by molar-refractivity contribution is 5.89. The highest BCUT2D eigenvalue weighted by atomic mass is 19.3. The molecule has 0 spiro atoms. The standard InChI is InChI=1S/C26H26F3N5O/c1-16-31-25(30-15-18-10-7-11-19(22(18)27)24(28)29)20-14-21(34(12-13-35)26(20)32-16)23(33(2)3)17-8-5-4-6-9-17/h4-11,13-14,23-24H,12,15H2,1-3H3,(H,30,31,32). The topological polar surface area (TPSA) is 63.1 Å². The van der Waals surface area contributed by atoms with E-state index in [1.807, 2.05) is 60.0 Å². The average Bonchev–Trinajstić information content (AvgIpc) is 3.16. The number of nitrogens with one attached hydrogen (secondary N) is 1. The quantitative estimate of drug-likeness (QED) is 0.330. The van der Waals surface area contributed by atoms with E-state index in [1.54, 1.807) is 6.92 Å². The molecule has 9 heteroatoms. The number of hydrogen-bond acceptors (Lipinski definition) is 5. The SMILES string of the molecule is Cc1nc(NCc2cccc(C(F)F)c2F)c2cc(C(c3ccccc3)N(C)C)n(CC=O)c2n1. The summed E-state index contributed by atoms with van der Waals surface area (Å²) in [5, 5.41) is 3.74. The van der Waals surface area contributed by atoms with Crippen molar-refractivity contribution in [2.75, 3.05) is 19.4 Å². The predicted octanol–water partition coefficient (Wildman–Crippen LogP) is 5.28. The van der Waals surface area contributed by atoms with E-state index in [0.717, 1.165) is 23.6 Å². The number of aryl methyl sites for hydroxylation is 1. The number of halogens is 3. The Kier molecular flexibility index (Phi) is 7.16. The van der Waals surface area contributed by atoms with Gasteiger partial charge in [-0.1, -0.05) is 48.5 Å². The van der Waals surface area contributed by atoms with Crippen LogP contribution < -0.4 is 5.32 Å². The number of aromatic nitrogens is 3. The predicted molar refractivity (Wildman–Crippen MR) is 129 cm³/mol. The van der Waals surface area contributed by atoms with E-state index in [0.29, 0.717) is 22.7 Å². The van der Waals surface area contributed by atoms with E-state index >= 15 is 0 Å². The van der Waals surface area contributed by atoms with Crippen LogP contribution >= 0.6 is 0 Å². The summed E-state index contributed by atoms with van der Waals surface area (Å²) < 4.78 is 42.6. The van der Waals surface area contributed by atoms with Crippen molar-refractivity contribution in [1.29, 1.82) is 0 Å². The maximum absolute atomic E-state index is 14.6. The van der Waals surface area contributed by atoms with Crippen molar-refractivity contribution in [2.24, 2.45) is 0 Å². The molecular weight excluding hydrogens is 455 g/mol. The van der Waals surface area contributed by atoms with Crippen molar-refractivity contribution in [3.63, 3.8) is 0 Å². The molecule has 4 aromatic rings. The van der Waals surface area contributed by atoms with Crippen LogP contribution in [0.5, 0.6) is 0 Å². The summed E-state index contributed by atoms with van der Waals surface area (Å²) in [5.41, 5.74) is 1.92. The molecule has 2 aromatic heterocycles. The van der Waals surface area contributed by atoms with Gasteiger partial charge in [0, 0.05) is 17.8 Å². The second-order valence-corrected chi connectivity index (χ2v) is 8.45. The lowest BCUT2D eigenvalue weighted by Gasteiger charge is -2.26. The van der Waals surface area contributed by atoms with Crippen LogP contribution in [0, 0.1) is 12.7 Å². The first-order valence-corrected chi connectivity index (χ1v) is 11.1. The maximum Gasteiger partial charge on any atom is 0.266 e. The largest absolute Gasteiger partial charge is 0.365 e. The molecule has 0 saturated carbocycles. The Hall–Kier alpha value is -3.72. The molecule has 6 nitrogen and oxygen atoms in total. The fourth-order valence-corrected chi connectivity index (χ4v) is 4.33. The molecule has 182 valence electrons. The highest BCUT2D eigenvalue weighted by Gasteiger charge is 2.25. The van der Waals surface area contributed by atoms with E-state index in [-0.39, 0.29) is 24.7 Å². The summed E-state index contributed by atoms with van der Waals surface area (Å²) in [7, 11) is 3.91. The van der Waals surface area contributed by atoms with Crippen molar-refractivity contribution in [2.45, 2.75) is 32.5 Å². The molecular formula is C26H26F3N5O. The number of carbonyl (C=O) groups excluding carboxylic acids is 1. The first kappa shape index (κ1) is 24.4. The Balaban J connectivity index is 1.81. The summed E-state index contributed by atoms with van der Waals surface area (Å²) in [5.74, 6) is -0.0430. The monoisotopic (exact) mass is 481 g/mol. The van der Waals surface area contributed by atoms with Crippen LogP contribution in [0.1, 0.15) is 40.7 Å². The summed E-state index contributed by atoms with van der Waals surface area (Å²) >= 11 is 0. The van der Waals surface area contributed by atoms with Gasteiger partial charge in [-0.05, 0) is 32.6 Å². The molecule has 0 amide bonds. The highest BCUT2D eigenvalue weighted by Crippen LogP contribution is 2.34. The zero-order chi connectivity index (χ0) is 25.1. The van der Waals surface area contributed by atoms with Crippen LogP contribution in [-0.4, -0.2) is 39.8 Å². The third-order valence-electron chi connectivity index (χ3n) is 5.86. The van der Waals surface area contributed by atoms with Gasteiger partial charge < -0.3 is 14.7 Å².